The van der Waals surface area contributed by atoms with Gasteiger partial charge in [-0.1, -0.05) is 29.8 Å². The van der Waals surface area contributed by atoms with Crippen LogP contribution in [0.2, 0.25) is 5.02 Å². The second-order valence-electron chi connectivity index (χ2n) is 8.54. The molecular weight excluding hydrogens is 520 g/mol. The Labute approximate surface area is 220 Å². The van der Waals surface area contributed by atoms with Crippen LogP contribution in [0.5, 0.6) is 0 Å². The van der Waals surface area contributed by atoms with Gasteiger partial charge < -0.3 is 10.1 Å². The molecule has 0 spiro atoms. The minimum atomic E-state index is -3.57. The van der Waals surface area contributed by atoms with Gasteiger partial charge in [0.2, 0.25) is 10.0 Å². The molecule has 0 radical (unpaired) electrons. The van der Waals surface area contributed by atoms with Crippen molar-refractivity contribution >= 4 is 55.5 Å². The van der Waals surface area contributed by atoms with Crippen LogP contribution in [0.25, 0.3) is 0 Å². The molecule has 36 heavy (non-hydrogen) atoms. The summed E-state index contributed by atoms with van der Waals surface area (Å²) in [5.74, 6) is -0.759. The fraction of sp³-hybridized carbons (Fsp3) is 0.308. The van der Waals surface area contributed by atoms with E-state index in [9.17, 15) is 18.0 Å². The van der Waals surface area contributed by atoms with Crippen molar-refractivity contribution in [2.24, 2.45) is 0 Å². The molecule has 1 heterocycles. The number of carbonyl (C=O) groups is 2. The van der Waals surface area contributed by atoms with E-state index in [1.54, 1.807) is 55.5 Å². The molecule has 10 heteroatoms. The lowest BCUT2D eigenvalue weighted by Gasteiger charge is -2.22. The number of hydrogen-bond donors (Lipinski definition) is 1. The van der Waals surface area contributed by atoms with Crippen molar-refractivity contribution in [3.05, 3.63) is 80.7 Å². The van der Waals surface area contributed by atoms with E-state index in [2.05, 4.69) is 5.32 Å². The molecule has 190 valence electrons. The Morgan fingerprint density at radius 2 is 1.83 bits per heavy atom. The lowest BCUT2D eigenvalue weighted by molar-refractivity contribution is 0.0526. The van der Waals surface area contributed by atoms with Gasteiger partial charge in [0, 0.05) is 15.5 Å². The lowest BCUT2D eigenvalue weighted by atomic mass is 9.95. The molecule has 0 bridgehead atoms. The maximum Gasteiger partial charge on any atom is 0.341 e. The highest BCUT2D eigenvalue weighted by molar-refractivity contribution is 7.92. The number of amides is 1. The van der Waals surface area contributed by atoms with E-state index >= 15 is 0 Å². The number of esters is 1. The number of halogens is 1. The van der Waals surface area contributed by atoms with Gasteiger partial charge in [0.25, 0.3) is 5.91 Å². The number of carbonyl (C=O) groups excluding carboxylic acids is 2. The number of nitrogens with one attached hydrogen (secondary N) is 1. The fourth-order valence-electron chi connectivity index (χ4n) is 4.21. The van der Waals surface area contributed by atoms with Gasteiger partial charge in [-0.05, 0) is 74.1 Å². The van der Waals surface area contributed by atoms with Crippen molar-refractivity contribution in [1.82, 2.24) is 0 Å². The normalized spacial score (nSPS) is 13.1. The van der Waals surface area contributed by atoms with E-state index in [0.29, 0.717) is 32.4 Å². The first kappa shape index (κ1) is 26.2. The first-order valence-electron chi connectivity index (χ1n) is 11.6. The quantitative estimate of drug-likeness (QED) is 0.367. The van der Waals surface area contributed by atoms with E-state index in [-0.39, 0.29) is 19.1 Å². The summed E-state index contributed by atoms with van der Waals surface area (Å²) >= 11 is 7.49. The summed E-state index contributed by atoms with van der Waals surface area (Å²) in [5, 5.41) is 3.85. The van der Waals surface area contributed by atoms with Crippen molar-refractivity contribution in [3.63, 3.8) is 0 Å². The zero-order valence-corrected chi connectivity index (χ0v) is 22.4. The number of anilines is 2. The van der Waals surface area contributed by atoms with Crippen molar-refractivity contribution in [2.45, 2.75) is 39.2 Å². The summed E-state index contributed by atoms with van der Waals surface area (Å²) in [5.41, 5.74) is 3.01. The molecule has 0 unspecified atom stereocenters. The van der Waals surface area contributed by atoms with Gasteiger partial charge >= 0.3 is 5.97 Å². The fourth-order valence-corrected chi connectivity index (χ4v) is 6.54. The smallest absolute Gasteiger partial charge is 0.341 e. The molecule has 4 rings (SSSR count). The molecule has 0 saturated heterocycles. The summed E-state index contributed by atoms with van der Waals surface area (Å²) in [4.78, 5) is 26.8. The van der Waals surface area contributed by atoms with Gasteiger partial charge in [-0.3, -0.25) is 9.10 Å². The summed E-state index contributed by atoms with van der Waals surface area (Å²) in [6.07, 6.45) is 4.89. The van der Waals surface area contributed by atoms with E-state index in [1.165, 1.54) is 15.6 Å². The minimum absolute atomic E-state index is 0.0890. The van der Waals surface area contributed by atoms with Crippen LogP contribution in [0.15, 0.2) is 48.5 Å². The van der Waals surface area contributed by atoms with Gasteiger partial charge in [0.05, 0.1) is 30.7 Å². The largest absolute Gasteiger partial charge is 0.462 e. The number of fused-ring (bicyclic) bond motifs is 1. The van der Waals surface area contributed by atoms with Crippen LogP contribution in [0, 0.1) is 0 Å². The summed E-state index contributed by atoms with van der Waals surface area (Å²) in [6, 6.07) is 13.3. The Morgan fingerprint density at radius 3 is 2.50 bits per heavy atom. The van der Waals surface area contributed by atoms with Gasteiger partial charge in [0.15, 0.2) is 0 Å². The van der Waals surface area contributed by atoms with Gasteiger partial charge in [-0.2, -0.15) is 0 Å². The maximum atomic E-state index is 13.0. The molecule has 2 aromatic carbocycles. The van der Waals surface area contributed by atoms with Crippen LogP contribution in [0.3, 0.4) is 0 Å². The number of ether oxygens (including phenoxy) is 1. The summed E-state index contributed by atoms with van der Waals surface area (Å²) in [6.45, 7) is 2.11. The number of sulfonamides is 1. The molecule has 1 amide bonds. The Morgan fingerprint density at radius 1 is 1.11 bits per heavy atom. The third-order valence-electron chi connectivity index (χ3n) is 5.92. The number of rotatable bonds is 8. The first-order valence-corrected chi connectivity index (χ1v) is 14.7. The predicted octanol–water partition coefficient (Wildman–Crippen LogP) is 5.68. The molecule has 1 aliphatic carbocycles. The molecule has 0 saturated carbocycles. The summed E-state index contributed by atoms with van der Waals surface area (Å²) < 4.78 is 31.4. The van der Waals surface area contributed by atoms with Gasteiger partial charge in [0.1, 0.15) is 5.00 Å². The number of nitrogens with zero attached hydrogens (tertiary/aromatic N) is 1. The van der Waals surface area contributed by atoms with Crippen LogP contribution in [-0.2, 0) is 34.1 Å². The molecule has 1 aliphatic rings. The number of benzene rings is 2. The van der Waals surface area contributed by atoms with Crippen molar-refractivity contribution < 1.29 is 22.7 Å². The van der Waals surface area contributed by atoms with Crippen LogP contribution in [0.1, 0.15) is 56.5 Å². The monoisotopic (exact) mass is 546 g/mol. The Balaban J connectivity index is 1.54. The zero-order chi connectivity index (χ0) is 25.9. The second kappa shape index (κ2) is 11.0. The highest BCUT2D eigenvalue weighted by Gasteiger charge is 2.27. The van der Waals surface area contributed by atoms with E-state index < -0.39 is 16.0 Å². The van der Waals surface area contributed by atoms with Gasteiger partial charge in [-0.25, -0.2) is 13.2 Å². The average Bonchev–Trinajstić information content (AvgIpc) is 3.20. The highest BCUT2D eigenvalue weighted by Crippen LogP contribution is 2.39. The first-order chi connectivity index (χ1) is 17.2. The number of aryl methyl sites for hydroxylation is 1. The highest BCUT2D eigenvalue weighted by atomic mass is 35.5. The molecule has 3 aromatic rings. The second-order valence-corrected chi connectivity index (χ2v) is 12.0. The number of hydrogen-bond acceptors (Lipinski definition) is 6. The topological polar surface area (TPSA) is 92.8 Å². The number of thiophene rings is 1. The molecular formula is C26H27ClN2O5S2. The molecule has 0 aliphatic heterocycles. The molecule has 0 atom stereocenters. The summed E-state index contributed by atoms with van der Waals surface area (Å²) in [7, 11) is -3.57. The Bertz CT molecular complexity index is 1380. The zero-order valence-electron chi connectivity index (χ0n) is 20.0. The average molecular weight is 547 g/mol. The third kappa shape index (κ3) is 5.91. The van der Waals surface area contributed by atoms with Gasteiger partial charge in [-0.15, -0.1) is 11.3 Å². The van der Waals surface area contributed by atoms with Crippen LogP contribution in [0.4, 0.5) is 10.7 Å². The molecule has 1 N–H and O–H groups in total. The third-order valence-corrected chi connectivity index (χ3v) is 8.50. The van der Waals surface area contributed by atoms with Crippen LogP contribution >= 0.6 is 22.9 Å². The van der Waals surface area contributed by atoms with Crippen molar-refractivity contribution in [3.8, 4) is 0 Å². The standard InChI is InChI=1S/C26H27ClN2O5S2/c1-3-34-26(31)23-21-9-4-5-10-22(21)35-25(23)28-24(30)18-13-11-17(12-14-18)16-29(36(2,32)33)20-8-6-7-19(27)15-20/h6-8,11-15H,3-5,9-10,16H2,1-2H3,(H,28,30). The Kier molecular flexibility index (Phi) is 8.02. The SMILES string of the molecule is CCOC(=O)c1c(NC(=O)c2ccc(CN(c3cccc(Cl)c3)S(C)(=O)=O)cc2)sc2c1CCCC2. The molecule has 0 fully saturated rings. The van der Waals surface area contributed by atoms with E-state index in [1.807, 2.05) is 0 Å². The maximum absolute atomic E-state index is 13.0. The molecule has 7 nitrogen and oxygen atoms in total. The predicted molar refractivity (Wildman–Crippen MR) is 144 cm³/mol. The van der Waals surface area contributed by atoms with E-state index in [4.69, 9.17) is 16.3 Å². The Hall–Kier alpha value is -2.88. The molecule has 1 aromatic heterocycles. The van der Waals surface area contributed by atoms with Crippen LogP contribution < -0.4 is 9.62 Å². The lowest BCUT2D eigenvalue weighted by Crippen LogP contribution is -2.29. The minimum Gasteiger partial charge on any atom is -0.462 e. The van der Waals surface area contributed by atoms with Crippen LogP contribution in [-0.4, -0.2) is 33.2 Å². The van der Waals surface area contributed by atoms with E-state index in [0.717, 1.165) is 42.4 Å². The van der Waals surface area contributed by atoms with Crippen molar-refractivity contribution in [2.75, 3.05) is 22.5 Å². The van der Waals surface area contributed by atoms with Crippen molar-refractivity contribution in [1.29, 1.82) is 0 Å².